The van der Waals surface area contributed by atoms with E-state index in [1.165, 1.54) is 0 Å². The third-order valence-electron chi connectivity index (χ3n) is 1.97. The summed E-state index contributed by atoms with van der Waals surface area (Å²) in [4.78, 5) is 10.6. The van der Waals surface area contributed by atoms with Crippen molar-refractivity contribution in [3.63, 3.8) is 0 Å². The fraction of sp³-hybridized carbons (Fsp3) is 0.857. The highest BCUT2D eigenvalue weighted by Gasteiger charge is 2.81. The number of carbonyl (C=O) groups is 1. The molecule has 0 aliphatic carbocycles. The Balaban J connectivity index is 5.45. The molecule has 0 rings (SSSR count). The van der Waals surface area contributed by atoms with Crippen LogP contribution in [0.1, 0.15) is 6.42 Å². The summed E-state index contributed by atoms with van der Waals surface area (Å²) in [5.41, 5.74) is 0. The summed E-state index contributed by atoms with van der Waals surface area (Å²) in [6.45, 7) is 0. The van der Waals surface area contributed by atoms with Gasteiger partial charge in [0.1, 0.15) is 5.75 Å². The van der Waals surface area contributed by atoms with Crippen molar-refractivity contribution in [2.75, 3.05) is 5.75 Å². The Kier molecular flexibility index (Phi) is 5.03. The number of hydrogen-bond donors (Lipinski definition) is 1. The van der Waals surface area contributed by atoms with E-state index in [1.807, 2.05) is 0 Å². The Hall–Kier alpha value is -1.05. The van der Waals surface area contributed by atoms with E-state index in [0.717, 1.165) is 0 Å². The van der Waals surface area contributed by atoms with Crippen LogP contribution in [0.4, 0.5) is 39.5 Å². The number of carbonyl (C=O) groups excluding carboxylic acids is 1. The van der Waals surface area contributed by atoms with Gasteiger partial charge in [-0.15, -0.1) is 0 Å². The third-order valence-corrected chi connectivity index (χ3v) is 2.66. The largest absolute Gasteiger partial charge is 0.460 e. The maximum absolute atomic E-state index is 12.8. The van der Waals surface area contributed by atoms with Crippen LogP contribution in [0.3, 0.4) is 0 Å². The Morgan fingerprint density at radius 3 is 1.52 bits per heavy atom. The number of ketones is 1. The normalized spacial score (nSPS) is 15.1. The van der Waals surface area contributed by atoms with E-state index in [9.17, 15) is 52.7 Å². The maximum Gasteiger partial charge on any atom is 0.460 e. The zero-order valence-corrected chi connectivity index (χ0v) is 10.2. The van der Waals surface area contributed by atoms with Gasteiger partial charge < -0.3 is 0 Å². The highest BCUT2D eigenvalue weighted by molar-refractivity contribution is 7.86. The van der Waals surface area contributed by atoms with Gasteiger partial charge in [0, 0.05) is 0 Å². The quantitative estimate of drug-likeness (QED) is 0.586. The molecule has 0 saturated heterocycles. The van der Waals surface area contributed by atoms with Crippen molar-refractivity contribution in [2.45, 2.75) is 30.4 Å². The molecule has 0 radical (unpaired) electrons. The van der Waals surface area contributed by atoms with Crippen molar-refractivity contribution in [2.24, 2.45) is 0 Å². The van der Waals surface area contributed by atoms with Crippen LogP contribution in [-0.2, 0) is 14.9 Å². The second kappa shape index (κ2) is 5.30. The van der Waals surface area contributed by atoms with Gasteiger partial charge in [-0.3, -0.25) is 9.35 Å². The van der Waals surface area contributed by atoms with Gasteiger partial charge in [0.05, 0.1) is 6.42 Å². The van der Waals surface area contributed by atoms with E-state index in [2.05, 4.69) is 0 Å². The molecule has 0 unspecified atom stereocenters. The number of hydrogen-bond acceptors (Lipinski definition) is 3. The summed E-state index contributed by atoms with van der Waals surface area (Å²) in [5, 5.41) is 0. The van der Waals surface area contributed by atoms with Crippen LogP contribution in [0.25, 0.3) is 0 Å². The lowest BCUT2D eigenvalue weighted by Crippen LogP contribution is -2.61. The fourth-order valence-corrected chi connectivity index (χ4v) is 1.53. The molecule has 4 nitrogen and oxygen atoms in total. The molecule has 126 valence electrons. The first-order valence-corrected chi connectivity index (χ1v) is 6.13. The highest BCUT2D eigenvalue weighted by Crippen LogP contribution is 2.54. The number of halogens is 9. The molecular formula is C7H5F9O4S. The molecule has 0 heterocycles. The van der Waals surface area contributed by atoms with Crippen molar-refractivity contribution in [3.05, 3.63) is 0 Å². The number of alkyl halides is 9. The monoisotopic (exact) mass is 356 g/mol. The summed E-state index contributed by atoms with van der Waals surface area (Å²) >= 11 is 0. The molecule has 0 atom stereocenters. The molecule has 1 N–H and O–H groups in total. The minimum Gasteiger partial charge on any atom is -0.298 e. The SMILES string of the molecule is O=C(CC(F)(F)C(F)(F)C(F)(F)C(F)(F)F)CS(=O)(=O)O. The predicted octanol–water partition coefficient (Wildman–Crippen LogP) is 2.30. The Morgan fingerprint density at radius 2 is 1.24 bits per heavy atom. The fourth-order valence-electron chi connectivity index (χ4n) is 1.02. The first-order chi connectivity index (χ1) is 8.85. The minimum atomic E-state index is -7.16. The van der Waals surface area contributed by atoms with Crippen LogP contribution in [0.15, 0.2) is 0 Å². The van der Waals surface area contributed by atoms with Crippen molar-refractivity contribution in [3.8, 4) is 0 Å². The number of Topliss-reactive ketones (excluding diaryl/α,β-unsaturated/α-hetero) is 1. The topological polar surface area (TPSA) is 71.4 Å². The molecule has 0 amide bonds. The zero-order chi connectivity index (χ0) is 17.5. The summed E-state index contributed by atoms with van der Waals surface area (Å²) < 4.78 is 139. The average molecular weight is 356 g/mol. The molecule has 0 aromatic rings. The van der Waals surface area contributed by atoms with Gasteiger partial charge in [0.15, 0.2) is 5.78 Å². The van der Waals surface area contributed by atoms with Gasteiger partial charge in [0.2, 0.25) is 0 Å². The van der Waals surface area contributed by atoms with Gasteiger partial charge in [0.25, 0.3) is 10.1 Å². The lowest BCUT2D eigenvalue weighted by atomic mass is 9.99. The first-order valence-electron chi connectivity index (χ1n) is 4.52. The van der Waals surface area contributed by atoms with Gasteiger partial charge >= 0.3 is 23.9 Å². The molecule has 0 bridgehead atoms. The molecule has 0 fully saturated rings. The third kappa shape index (κ3) is 4.21. The van der Waals surface area contributed by atoms with Gasteiger partial charge in [-0.2, -0.15) is 47.9 Å². The molecule has 0 aromatic carbocycles. The molecule has 0 aromatic heterocycles. The Labute approximate surface area is 110 Å². The molecule has 0 saturated carbocycles. The summed E-state index contributed by atoms with van der Waals surface area (Å²) in [6, 6.07) is 0. The van der Waals surface area contributed by atoms with Crippen LogP contribution in [0.5, 0.6) is 0 Å². The van der Waals surface area contributed by atoms with E-state index in [4.69, 9.17) is 4.55 Å². The van der Waals surface area contributed by atoms with Crippen LogP contribution < -0.4 is 0 Å². The van der Waals surface area contributed by atoms with E-state index in [0.29, 0.717) is 0 Å². The van der Waals surface area contributed by atoms with Crippen LogP contribution >= 0.6 is 0 Å². The maximum atomic E-state index is 12.8. The van der Waals surface area contributed by atoms with Gasteiger partial charge in [-0.25, -0.2) is 0 Å². The van der Waals surface area contributed by atoms with Crippen molar-refractivity contribution < 1.29 is 57.3 Å². The Morgan fingerprint density at radius 1 is 0.857 bits per heavy atom. The standard InChI is InChI=1S/C7H5F9O4S/c8-4(9,1-3(17)2-21(18,19)20)5(10,11)6(12,13)7(14,15)16/h1-2H2,(H,18,19,20). The Bertz CT molecular complexity index is 507. The second-order valence-corrected chi connectivity index (χ2v) is 5.25. The smallest absolute Gasteiger partial charge is 0.298 e. The van der Waals surface area contributed by atoms with Crippen LogP contribution in [-0.4, -0.2) is 48.5 Å². The van der Waals surface area contributed by atoms with Crippen LogP contribution in [0.2, 0.25) is 0 Å². The lowest BCUT2D eigenvalue weighted by molar-refractivity contribution is -0.395. The summed E-state index contributed by atoms with van der Waals surface area (Å²) in [6.07, 6.45) is -9.97. The average Bonchev–Trinajstić information content (AvgIpc) is 2.10. The second-order valence-electron chi connectivity index (χ2n) is 3.79. The van der Waals surface area contributed by atoms with E-state index >= 15 is 0 Å². The lowest BCUT2D eigenvalue weighted by Gasteiger charge is -2.33. The van der Waals surface area contributed by atoms with E-state index in [1.54, 1.807) is 0 Å². The van der Waals surface area contributed by atoms with E-state index in [-0.39, 0.29) is 0 Å². The molecular weight excluding hydrogens is 351 g/mol. The predicted molar refractivity (Wildman–Crippen MR) is 46.9 cm³/mol. The van der Waals surface area contributed by atoms with E-state index < -0.39 is 52.0 Å². The molecule has 14 heteroatoms. The zero-order valence-electron chi connectivity index (χ0n) is 9.40. The molecule has 21 heavy (non-hydrogen) atoms. The molecule has 0 spiro atoms. The van der Waals surface area contributed by atoms with Crippen molar-refractivity contribution in [1.82, 2.24) is 0 Å². The first kappa shape index (κ1) is 19.9. The van der Waals surface area contributed by atoms with Gasteiger partial charge in [-0.05, 0) is 0 Å². The van der Waals surface area contributed by atoms with Crippen LogP contribution in [0, 0.1) is 0 Å². The number of rotatable bonds is 6. The highest BCUT2D eigenvalue weighted by atomic mass is 32.2. The van der Waals surface area contributed by atoms with Crippen molar-refractivity contribution >= 4 is 15.9 Å². The molecule has 0 aliphatic heterocycles. The molecule has 0 aliphatic rings. The van der Waals surface area contributed by atoms with Gasteiger partial charge in [-0.1, -0.05) is 0 Å². The minimum absolute atomic E-state index is 2.14. The summed E-state index contributed by atoms with van der Waals surface area (Å²) in [5.74, 6) is -24.9. The summed E-state index contributed by atoms with van der Waals surface area (Å²) in [7, 11) is -5.24. The van der Waals surface area contributed by atoms with Crippen molar-refractivity contribution in [1.29, 1.82) is 0 Å².